The Balaban J connectivity index is 1.68. The fourth-order valence-corrected chi connectivity index (χ4v) is 4.10. The monoisotopic (exact) mass is 540 g/mol. The number of methoxy groups -OCH3 is 2. The van der Waals surface area contributed by atoms with Crippen molar-refractivity contribution in [1.82, 2.24) is 14.5 Å². The van der Waals surface area contributed by atoms with Crippen LogP contribution < -0.4 is 31.4 Å². The number of carbonyl (C=O) groups excluding carboxylic acids is 2. The maximum Gasteiger partial charge on any atom is 0.331 e. The number of aromatic nitrogens is 2. The minimum Gasteiger partial charge on any atom is -0.493 e. The molecule has 11 nitrogen and oxygen atoms in total. The molecule has 0 aliphatic heterocycles. The van der Waals surface area contributed by atoms with Crippen LogP contribution in [0.25, 0.3) is 10.9 Å². The van der Waals surface area contributed by atoms with Crippen molar-refractivity contribution in [3.63, 3.8) is 0 Å². The second kappa shape index (κ2) is 11.7. The Hall–Kier alpha value is -4.51. The summed E-state index contributed by atoms with van der Waals surface area (Å²) < 4.78 is 17.9. The summed E-state index contributed by atoms with van der Waals surface area (Å²) in [6.45, 7) is -0.451. The molecule has 0 unspecified atom stereocenters. The summed E-state index contributed by atoms with van der Waals surface area (Å²) in [4.78, 5) is 52.1. The highest BCUT2D eigenvalue weighted by molar-refractivity contribution is 6.30. The topological polar surface area (TPSA) is 134 Å². The van der Waals surface area contributed by atoms with E-state index in [2.05, 4.69) is 10.6 Å². The molecule has 2 aromatic carbocycles. The number of nitrogens with zero attached hydrogens (tertiary/aromatic N) is 2. The SMILES string of the molecule is COc1cc2c(=O)n(CCC(=O)NCc3ccco3)c(=O)n(CC(=O)Nc3cccc(Cl)c3)c2cc1OC. The summed E-state index contributed by atoms with van der Waals surface area (Å²) in [5, 5.41) is 5.92. The van der Waals surface area contributed by atoms with Gasteiger partial charge in [0, 0.05) is 29.7 Å². The molecule has 2 heterocycles. The van der Waals surface area contributed by atoms with E-state index < -0.39 is 23.7 Å². The van der Waals surface area contributed by atoms with Gasteiger partial charge < -0.3 is 24.5 Å². The molecule has 0 spiro atoms. The third-order valence-corrected chi connectivity index (χ3v) is 5.98. The van der Waals surface area contributed by atoms with Crippen LogP contribution in [0.5, 0.6) is 11.5 Å². The Morgan fingerprint density at radius 2 is 1.74 bits per heavy atom. The molecule has 0 radical (unpaired) electrons. The lowest BCUT2D eigenvalue weighted by atomic mass is 10.2. The van der Waals surface area contributed by atoms with Crippen molar-refractivity contribution >= 4 is 40.0 Å². The Labute approximate surface area is 221 Å². The molecule has 198 valence electrons. The van der Waals surface area contributed by atoms with E-state index in [1.165, 1.54) is 32.6 Å². The van der Waals surface area contributed by atoms with Gasteiger partial charge in [0.15, 0.2) is 11.5 Å². The molecule has 4 rings (SSSR count). The summed E-state index contributed by atoms with van der Waals surface area (Å²) in [5.41, 5.74) is -0.760. The van der Waals surface area contributed by atoms with Crippen molar-refractivity contribution in [1.29, 1.82) is 0 Å². The molecule has 4 aromatic rings. The lowest BCUT2D eigenvalue weighted by molar-refractivity contribution is -0.121. The number of hydrogen-bond donors (Lipinski definition) is 2. The Morgan fingerprint density at radius 3 is 2.42 bits per heavy atom. The second-order valence-corrected chi connectivity index (χ2v) is 8.65. The van der Waals surface area contributed by atoms with E-state index in [0.29, 0.717) is 16.5 Å². The van der Waals surface area contributed by atoms with Gasteiger partial charge in [-0.1, -0.05) is 17.7 Å². The number of benzene rings is 2. The smallest absolute Gasteiger partial charge is 0.331 e. The number of hydrogen-bond acceptors (Lipinski definition) is 7. The van der Waals surface area contributed by atoms with Gasteiger partial charge in [-0.2, -0.15) is 0 Å². The third-order valence-electron chi connectivity index (χ3n) is 5.74. The number of rotatable bonds is 10. The third kappa shape index (κ3) is 5.89. The molecule has 2 aromatic heterocycles. The molecule has 0 fully saturated rings. The van der Waals surface area contributed by atoms with Crippen LogP contribution in [-0.2, 0) is 29.2 Å². The number of furan rings is 1. The standard InChI is InChI=1S/C26H25ClN4O7/c1-36-21-12-19-20(13-22(21)37-2)31(15-24(33)29-17-6-3-5-16(27)11-17)26(35)30(25(19)34)9-8-23(32)28-14-18-7-4-10-38-18/h3-7,10-13H,8-9,14-15H2,1-2H3,(H,28,32)(H,29,33). The van der Waals surface area contributed by atoms with Crippen LogP contribution in [0.2, 0.25) is 5.02 Å². The van der Waals surface area contributed by atoms with Gasteiger partial charge in [-0.3, -0.25) is 23.5 Å². The first kappa shape index (κ1) is 26.6. The van der Waals surface area contributed by atoms with E-state index >= 15 is 0 Å². The zero-order valence-corrected chi connectivity index (χ0v) is 21.4. The van der Waals surface area contributed by atoms with Crippen LogP contribution in [0.4, 0.5) is 5.69 Å². The molecule has 38 heavy (non-hydrogen) atoms. The highest BCUT2D eigenvalue weighted by Gasteiger charge is 2.19. The first-order chi connectivity index (χ1) is 18.3. The first-order valence-corrected chi connectivity index (χ1v) is 11.9. The average Bonchev–Trinajstić information content (AvgIpc) is 3.43. The van der Waals surface area contributed by atoms with Crippen molar-refractivity contribution in [3.05, 3.63) is 86.4 Å². The van der Waals surface area contributed by atoms with Crippen LogP contribution in [0.1, 0.15) is 12.2 Å². The predicted octanol–water partition coefficient (Wildman–Crippen LogP) is 2.77. The molecule has 2 amide bonds. The maximum absolute atomic E-state index is 13.5. The van der Waals surface area contributed by atoms with Gasteiger partial charge >= 0.3 is 5.69 Å². The fraction of sp³-hybridized carbons (Fsp3) is 0.231. The van der Waals surface area contributed by atoms with Crippen LogP contribution in [0.15, 0.2) is 68.8 Å². The summed E-state index contributed by atoms with van der Waals surface area (Å²) in [6, 6.07) is 12.9. The van der Waals surface area contributed by atoms with Crippen molar-refractivity contribution in [2.24, 2.45) is 0 Å². The normalized spacial score (nSPS) is 10.8. The van der Waals surface area contributed by atoms with Gasteiger partial charge in [0.2, 0.25) is 11.8 Å². The molecule has 0 bridgehead atoms. The van der Waals surface area contributed by atoms with Crippen molar-refractivity contribution in [2.75, 3.05) is 19.5 Å². The molecule has 12 heteroatoms. The first-order valence-electron chi connectivity index (χ1n) is 11.5. The van der Waals surface area contributed by atoms with E-state index in [4.69, 9.17) is 25.5 Å². The summed E-state index contributed by atoms with van der Waals surface area (Å²) in [5.74, 6) is 0.207. The van der Waals surface area contributed by atoms with Gasteiger partial charge in [-0.05, 0) is 36.4 Å². The van der Waals surface area contributed by atoms with E-state index in [9.17, 15) is 19.2 Å². The lowest BCUT2D eigenvalue weighted by Gasteiger charge is -2.16. The van der Waals surface area contributed by atoms with Crippen molar-refractivity contribution < 1.29 is 23.5 Å². The van der Waals surface area contributed by atoms with Crippen molar-refractivity contribution in [3.8, 4) is 11.5 Å². The molecule has 0 saturated heterocycles. The molecule has 0 saturated carbocycles. The zero-order valence-electron chi connectivity index (χ0n) is 20.7. The quantitative estimate of drug-likeness (QED) is 0.316. The van der Waals surface area contributed by atoms with Crippen molar-refractivity contribution in [2.45, 2.75) is 26.1 Å². The number of carbonyl (C=O) groups is 2. The maximum atomic E-state index is 13.5. The number of nitrogens with one attached hydrogen (secondary N) is 2. The van der Waals surface area contributed by atoms with E-state index in [1.54, 1.807) is 36.4 Å². The number of fused-ring (bicyclic) bond motifs is 1. The van der Waals surface area contributed by atoms with Gasteiger partial charge in [-0.15, -0.1) is 0 Å². The lowest BCUT2D eigenvalue weighted by Crippen LogP contribution is -2.42. The fourth-order valence-electron chi connectivity index (χ4n) is 3.90. The highest BCUT2D eigenvalue weighted by Crippen LogP contribution is 2.30. The van der Waals surface area contributed by atoms with Gasteiger partial charge in [0.1, 0.15) is 12.3 Å². The zero-order chi connectivity index (χ0) is 27.2. The van der Waals surface area contributed by atoms with Crippen LogP contribution in [0.3, 0.4) is 0 Å². The molecule has 2 N–H and O–H groups in total. The second-order valence-electron chi connectivity index (χ2n) is 8.21. The number of amides is 2. The minimum atomic E-state index is -0.755. The van der Waals surface area contributed by atoms with E-state index in [1.807, 2.05) is 0 Å². The summed E-state index contributed by atoms with van der Waals surface area (Å²) >= 11 is 6.00. The van der Waals surface area contributed by atoms with Gasteiger partial charge in [-0.25, -0.2) is 4.79 Å². The Kier molecular flexibility index (Phi) is 8.17. The van der Waals surface area contributed by atoms with Crippen LogP contribution in [0, 0.1) is 0 Å². The average molecular weight is 541 g/mol. The van der Waals surface area contributed by atoms with Gasteiger partial charge in [0.05, 0.1) is 37.9 Å². The van der Waals surface area contributed by atoms with E-state index in [-0.39, 0.29) is 47.8 Å². The molecule has 0 aliphatic carbocycles. The Bertz CT molecular complexity index is 1590. The Morgan fingerprint density at radius 1 is 0.974 bits per heavy atom. The number of anilines is 1. The molecule has 0 aliphatic rings. The van der Waals surface area contributed by atoms with Crippen LogP contribution >= 0.6 is 11.6 Å². The number of ether oxygens (including phenoxy) is 2. The highest BCUT2D eigenvalue weighted by atomic mass is 35.5. The number of halogens is 1. The predicted molar refractivity (Wildman–Crippen MR) is 141 cm³/mol. The summed E-state index contributed by atoms with van der Waals surface area (Å²) in [7, 11) is 2.83. The summed E-state index contributed by atoms with van der Waals surface area (Å²) in [6.07, 6.45) is 1.34. The van der Waals surface area contributed by atoms with Crippen LogP contribution in [-0.4, -0.2) is 35.2 Å². The molecular formula is C26H25ClN4O7. The minimum absolute atomic E-state index is 0.119. The van der Waals surface area contributed by atoms with E-state index in [0.717, 1.165) is 9.13 Å². The van der Waals surface area contributed by atoms with Gasteiger partial charge in [0.25, 0.3) is 5.56 Å². The molecular weight excluding hydrogens is 516 g/mol. The molecule has 0 atom stereocenters. The largest absolute Gasteiger partial charge is 0.493 e.